The number of anilines is 1. The monoisotopic (exact) mass is 386 g/mol. The molecule has 0 saturated carbocycles. The molecule has 1 aromatic carbocycles. The van der Waals surface area contributed by atoms with E-state index in [1.165, 1.54) is 17.1 Å². The highest BCUT2D eigenvalue weighted by Gasteiger charge is 2.22. The van der Waals surface area contributed by atoms with Crippen molar-refractivity contribution >= 4 is 29.8 Å². The number of carbonyl (C=O) groups is 4. The maximum atomic E-state index is 12.0. The van der Waals surface area contributed by atoms with E-state index >= 15 is 0 Å². The van der Waals surface area contributed by atoms with E-state index in [4.69, 9.17) is 5.73 Å². The van der Waals surface area contributed by atoms with Crippen molar-refractivity contribution in [3.05, 3.63) is 42.0 Å². The zero-order chi connectivity index (χ0) is 20.4. The average Bonchev–Trinajstić information content (AvgIpc) is 3.00. The van der Waals surface area contributed by atoms with E-state index < -0.39 is 0 Å². The zero-order valence-electron chi connectivity index (χ0n) is 15.7. The van der Waals surface area contributed by atoms with Gasteiger partial charge in [0.15, 0.2) is 0 Å². The molecule has 0 aliphatic carbocycles. The number of hydrogen-bond acceptors (Lipinski definition) is 5. The molecule has 8 nitrogen and oxygen atoms in total. The first kappa shape index (κ1) is 21.3. The van der Waals surface area contributed by atoms with Gasteiger partial charge in [0.05, 0.1) is 0 Å². The molecule has 0 fully saturated rings. The van der Waals surface area contributed by atoms with Crippen molar-refractivity contribution in [2.75, 3.05) is 18.4 Å². The standard InChI is InChI=1S/C20H26N4O4/c21-13-17(22-14-25)12-15-5-7-16(8-6-15)23-18(26)4-2-1-3-11-24-19(27)9-10-20(24)28/h5-10,14,17H,1-4,11-13,21H2,(H,22,25)(H,23,26). The van der Waals surface area contributed by atoms with Crippen molar-refractivity contribution in [2.24, 2.45) is 5.73 Å². The van der Waals surface area contributed by atoms with E-state index in [0.29, 0.717) is 50.9 Å². The predicted octanol–water partition coefficient (Wildman–Crippen LogP) is 0.726. The van der Waals surface area contributed by atoms with E-state index in [-0.39, 0.29) is 23.8 Å². The molecule has 0 aromatic heterocycles. The molecule has 1 aliphatic rings. The topological polar surface area (TPSA) is 122 Å². The van der Waals surface area contributed by atoms with Crippen LogP contribution < -0.4 is 16.4 Å². The van der Waals surface area contributed by atoms with Crippen LogP contribution in [0, 0.1) is 0 Å². The SMILES string of the molecule is NCC(Cc1ccc(NC(=O)CCCCCN2C(=O)C=CC2=O)cc1)NC=O. The Hall–Kier alpha value is -3.00. The molecular formula is C20H26N4O4. The number of carbonyl (C=O) groups excluding carboxylic acids is 4. The van der Waals surface area contributed by atoms with Gasteiger partial charge in [-0.15, -0.1) is 0 Å². The van der Waals surface area contributed by atoms with Crippen molar-refractivity contribution in [1.29, 1.82) is 0 Å². The van der Waals surface area contributed by atoms with Crippen LogP contribution >= 0.6 is 0 Å². The van der Waals surface area contributed by atoms with Crippen molar-refractivity contribution in [2.45, 2.75) is 38.1 Å². The lowest BCUT2D eigenvalue weighted by Crippen LogP contribution is -2.36. The summed E-state index contributed by atoms with van der Waals surface area (Å²) in [6.07, 6.45) is 6.31. The Balaban J connectivity index is 1.65. The third-order valence-electron chi connectivity index (χ3n) is 4.49. The van der Waals surface area contributed by atoms with Gasteiger partial charge in [0.2, 0.25) is 12.3 Å². The first-order chi connectivity index (χ1) is 13.5. The normalized spacial score (nSPS) is 14.2. The van der Waals surface area contributed by atoms with Gasteiger partial charge in [-0.25, -0.2) is 0 Å². The molecule has 28 heavy (non-hydrogen) atoms. The number of benzene rings is 1. The Morgan fingerprint density at radius 2 is 1.75 bits per heavy atom. The molecule has 4 N–H and O–H groups in total. The van der Waals surface area contributed by atoms with Gasteiger partial charge >= 0.3 is 0 Å². The van der Waals surface area contributed by atoms with E-state index in [1.54, 1.807) is 0 Å². The van der Waals surface area contributed by atoms with Crippen LogP contribution in [0.15, 0.2) is 36.4 Å². The van der Waals surface area contributed by atoms with Gasteiger partial charge in [-0.3, -0.25) is 24.1 Å². The number of nitrogens with zero attached hydrogens (tertiary/aromatic N) is 1. The van der Waals surface area contributed by atoms with Gasteiger partial charge < -0.3 is 16.4 Å². The summed E-state index contributed by atoms with van der Waals surface area (Å²) < 4.78 is 0. The first-order valence-electron chi connectivity index (χ1n) is 9.35. The highest BCUT2D eigenvalue weighted by Crippen LogP contribution is 2.13. The van der Waals surface area contributed by atoms with Crippen LogP contribution in [0.25, 0.3) is 0 Å². The Kier molecular flexibility index (Phi) is 8.36. The average molecular weight is 386 g/mol. The Bertz CT molecular complexity index is 712. The van der Waals surface area contributed by atoms with Crippen LogP contribution in [0.2, 0.25) is 0 Å². The number of nitrogens with two attached hydrogens (primary N) is 1. The summed E-state index contributed by atoms with van der Waals surface area (Å²) in [7, 11) is 0. The van der Waals surface area contributed by atoms with E-state index in [1.807, 2.05) is 24.3 Å². The zero-order valence-corrected chi connectivity index (χ0v) is 15.7. The number of imide groups is 1. The van der Waals surface area contributed by atoms with Crippen LogP contribution in [-0.2, 0) is 25.6 Å². The first-order valence-corrected chi connectivity index (χ1v) is 9.35. The molecule has 0 radical (unpaired) electrons. The van der Waals surface area contributed by atoms with Gasteiger partial charge in [0.25, 0.3) is 11.8 Å². The Morgan fingerprint density at radius 1 is 1.07 bits per heavy atom. The summed E-state index contributed by atoms with van der Waals surface area (Å²) in [6.45, 7) is 0.740. The summed E-state index contributed by atoms with van der Waals surface area (Å²) >= 11 is 0. The maximum absolute atomic E-state index is 12.0. The minimum absolute atomic E-state index is 0.0785. The summed E-state index contributed by atoms with van der Waals surface area (Å²) in [6, 6.07) is 7.31. The molecule has 0 saturated heterocycles. The molecule has 2 rings (SSSR count). The van der Waals surface area contributed by atoms with Crippen LogP contribution in [0.3, 0.4) is 0 Å². The van der Waals surface area contributed by atoms with E-state index in [2.05, 4.69) is 10.6 Å². The number of unbranched alkanes of at least 4 members (excludes halogenated alkanes) is 2. The molecule has 4 amide bonds. The number of amides is 4. The lowest BCUT2D eigenvalue weighted by atomic mass is 10.1. The smallest absolute Gasteiger partial charge is 0.253 e. The summed E-state index contributed by atoms with van der Waals surface area (Å²) in [5, 5.41) is 5.51. The number of rotatable bonds is 12. The third kappa shape index (κ3) is 6.62. The van der Waals surface area contributed by atoms with Crippen LogP contribution in [0.5, 0.6) is 0 Å². The minimum Gasteiger partial charge on any atom is -0.354 e. The summed E-state index contributed by atoms with van der Waals surface area (Å²) in [5.41, 5.74) is 7.33. The minimum atomic E-state index is -0.272. The molecular weight excluding hydrogens is 360 g/mol. The van der Waals surface area contributed by atoms with Crippen molar-refractivity contribution in [3.8, 4) is 0 Å². The molecule has 1 atom stereocenters. The van der Waals surface area contributed by atoms with Crippen LogP contribution in [-0.4, -0.2) is 48.2 Å². The molecule has 1 aliphatic heterocycles. The summed E-state index contributed by atoms with van der Waals surface area (Å²) in [4.78, 5) is 46.6. The predicted molar refractivity (Wildman–Crippen MR) is 105 cm³/mol. The molecule has 1 unspecified atom stereocenters. The van der Waals surface area contributed by atoms with Gasteiger partial charge in [-0.1, -0.05) is 18.6 Å². The second-order valence-electron chi connectivity index (χ2n) is 6.64. The number of nitrogens with one attached hydrogen (secondary N) is 2. The quantitative estimate of drug-likeness (QED) is 0.278. The highest BCUT2D eigenvalue weighted by atomic mass is 16.2. The molecule has 0 spiro atoms. The fourth-order valence-electron chi connectivity index (χ4n) is 2.92. The third-order valence-corrected chi connectivity index (χ3v) is 4.49. The molecule has 1 heterocycles. The van der Waals surface area contributed by atoms with Crippen molar-refractivity contribution < 1.29 is 19.2 Å². The molecule has 8 heteroatoms. The highest BCUT2D eigenvalue weighted by molar-refractivity contribution is 6.12. The lowest BCUT2D eigenvalue weighted by molar-refractivity contribution is -0.137. The number of hydrogen-bond donors (Lipinski definition) is 3. The van der Waals surface area contributed by atoms with Gasteiger partial charge in [0, 0.05) is 43.4 Å². The van der Waals surface area contributed by atoms with Crippen LogP contribution in [0.4, 0.5) is 5.69 Å². The fourth-order valence-corrected chi connectivity index (χ4v) is 2.92. The van der Waals surface area contributed by atoms with Gasteiger partial charge in [-0.2, -0.15) is 0 Å². The van der Waals surface area contributed by atoms with Gasteiger partial charge in [0.1, 0.15) is 0 Å². The fraction of sp³-hybridized carbons (Fsp3) is 0.400. The molecule has 1 aromatic rings. The Labute approximate surface area is 164 Å². The van der Waals surface area contributed by atoms with E-state index in [9.17, 15) is 19.2 Å². The second-order valence-corrected chi connectivity index (χ2v) is 6.64. The van der Waals surface area contributed by atoms with E-state index in [0.717, 1.165) is 12.0 Å². The largest absolute Gasteiger partial charge is 0.354 e. The second kappa shape index (κ2) is 11.0. The molecule has 0 bridgehead atoms. The maximum Gasteiger partial charge on any atom is 0.253 e. The molecule has 150 valence electrons. The Morgan fingerprint density at radius 3 is 2.36 bits per heavy atom. The van der Waals surface area contributed by atoms with Gasteiger partial charge in [-0.05, 0) is 37.0 Å². The lowest BCUT2D eigenvalue weighted by Gasteiger charge is -2.14. The van der Waals surface area contributed by atoms with Crippen molar-refractivity contribution in [1.82, 2.24) is 10.2 Å². The summed E-state index contributed by atoms with van der Waals surface area (Å²) in [5.74, 6) is -0.623. The van der Waals surface area contributed by atoms with Crippen LogP contribution in [0.1, 0.15) is 31.2 Å². The van der Waals surface area contributed by atoms with Crippen molar-refractivity contribution in [3.63, 3.8) is 0 Å².